The van der Waals surface area contributed by atoms with Crippen LogP contribution in [0, 0.1) is 12.7 Å². The topological polar surface area (TPSA) is 53.5 Å². The van der Waals surface area contributed by atoms with Crippen LogP contribution in [0.4, 0.5) is 4.39 Å². The van der Waals surface area contributed by atoms with Crippen LogP contribution in [0.15, 0.2) is 23.2 Å². The van der Waals surface area contributed by atoms with Crippen molar-refractivity contribution in [3.05, 3.63) is 35.1 Å². The quantitative estimate of drug-likeness (QED) is 0.854. The fourth-order valence-corrected chi connectivity index (χ4v) is 2.48. The van der Waals surface area contributed by atoms with Gasteiger partial charge in [0.25, 0.3) is 5.91 Å². The minimum atomic E-state index is -0.341. The molecule has 1 aliphatic heterocycles. The Morgan fingerprint density at radius 2 is 2.33 bits per heavy atom. The SMILES string of the molecule is CNC1CN=C(NC(=O)c2ccc(F)cc2C)S1. The molecule has 1 aliphatic rings. The fraction of sp³-hybridized carbons (Fsp3) is 0.333. The van der Waals surface area contributed by atoms with Gasteiger partial charge in [0.1, 0.15) is 5.82 Å². The van der Waals surface area contributed by atoms with Crippen LogP contribution in [0.3, 0.4) is 0 Å². The van der Waals surface area contributed by atoms with Gasteiger partial charge in [0, 0.05) is 5.56 Å². The molecule has 0 bridgehead atoms. The van der Waals surface area contributed by atoms with E-state index in [-0.39, 0.29) is 17.1 Å². The van der Waals surface area contributed by atoms with Crippen LogP contribution in [0.25, 0.3) is 0 Å². The van der Waals surface area contributed by atoms with Gasteiger partial charge in [-0.2, -0.15) is 0 Å². The van der Waals surface area contributed by atoms with E-state index < -0.39 is 0 Å². The summed E-state index contributed by atoms with van der Waals surface area (Å²) in [6.45, 7) is 2.34. The van der Waals surface area contributed by atoms with E-state index in [9.17, 15) is 9.18 Å². The normalized spacial score (nSPS) is 18.6. The standard InChI is InChI=1S/C12H14FN3OS/c1-7-5-8(13)3-4-9(7)11(17)16-12-15-6-10(14-2)18-12/h3-5,10,14H,6H2,1-2H3,(H,15,16,17). The van der Waals surface area contributed by atoms with Gasteiger partial charge in [-0.3, -0.25) is 9.79 Å². The lowest BCUT2D eigenvalue weighted by molar-refractivity contribution is 0.0977. The minimum absolute atomic E-state index is 0.203. The summed E-state index contributed by atoms with van der Waals surface area (Å²) in [6, 6.07) is 4.10. The molecule has 0 aromatic heterocycles. The Morgan fingerprint density at radius 3 is 2.94 bits per heavy atom. The van der Waals surface area contributed by atoms with Gasteiger partial charge >= 0.3 is 0 Å². The molecular formula is C12H14FN3OS. The third-order valence-corrected chi connectivity index (χ3v) is 3.75. The second-order valence-electron chi connectivity index (χ2n) is 3.95. The molecule has 2 rings (SSSR count). The fourth-order valence-electron chi connectivity index (χ4n) is 1.64. The number of benzene rings is 1. The predicted molar refractivity (Wildman–Crippen MR) is 71.3 cm³/mol. The van der Waals surface area contributed by atoms with Crippen molar-refractivity contribution in [3.8, 4) is 0 Å². The van der Waals surface area contributed by atoms with E-state index in [1.54, 1.807) is 6.92 Å². The molecule has 1 atom stereocenters. The van der Waals surface area contributed by atoms with Gasteiger partial charge in [-0.05, 0) is 37.7 Å². The van der Waals surface area contributed by atoms with Crippen molar-refractivity contribution in [2.75, 3.05) is 13.6 Å². The number of aryl methyl sites for hydroxylation is 1. The average molecular weight is 267 g/mol. The van der Waals surface area contributed by atoms with Crippen LogP contribution in [0.1, 0.15) is 15.9 Å². The molecule has 0 radical (unpaired) electrons. The first-order chi connectivity index (χ1) is 8.60. The van der Waals surface area contributed by atoms with Crippen molar-refractivity contribution >= 4 is 22.8 Å². The van der Waals surface area contributed by atoms with E-state index in [4.69, 9.17) is 0 Å². The molecule has 0 saturated heterocycles. The Labute approximate surface area is 109 Å². The van der Waals surface area contributed by atoms with Gasteiger partial charge in [-0.1, -0.05) is 11.8 Å². The van der Waals surface area contributed by atoms with Crippen LogP contribution < -0.4 is 10.6 Å². The molecule has 4 nitrogen and oxygen atoms in total. The highest BCUT2D eigenvalue weighted by molar-refractivity contribution is 8.14. The summed E-state index contributed by atoms with van der Waals surface area (Å²) in [4.78, 5) is 16.2. The van der Waals surface area contributed by atoms with Gasteiger partial charge in [-0.25, -0.2) is 4.39 Å². The van der Waals surface area contributed by atoms with Crippen LogP contribution in [-0.4, -0.2) is 30.0 Å². The van der Waals surface area contributed by atoms with E-state index >= 15 is 0 Å². The Morgan fingerprint density at radius 1 is 1.56 bits per heavy atom. The molecule has 1 heterocycles. The molecule has 0 aliphatic carbocycles. The smallest absolute Gasteiger partial charge is 0.257 e. The zero-order valence-corrected chi connectivity index (χ0v) is 11.0. The zero-order valence-electron chi connectivity index (χ0n) is 10.2. The summed E-state index contributed by atoms with van der Waals surface area (Å²) in [5.41, 5.74) is 1.08. The predicted octanol–water partition coefficient (Wildman–Crippen LogP) is 1.51. The van der Waals surface area contributed by atoms with Gasteiger partial charge in [0.05, 0.1) is 11.9 Å². The molecule has 18 heavy (non-hydrogen) atoms. The number of likely N-dealkylation sites (N-methyl/N-ethyl adjacent to an activating group) is 1. The summed E-state index contributed by atoms with van der Waals surface area (Å²) in [5, 5.41) is 6.61. The lowest BCUT2D eigenvalue weighted by atomic mass is 10.1. The second-order valence-corrected chi connectivity index (χ2v) is 5.15. The van der Waals surface area contributed by atoms with Crippen LogP contribution in [0.2, 0.25) is 0 Å². The monoisotopic (exact) mass is 267 g/mol. The van der Waals surface area contributed by atoms with Crippen molar-refractivity contribution in [2.45, 2.75) is 12.3 Å². The largest absolute Gasteiger partial charge is 0.307 e. The van der Waals surface area contributed by atoms with Gasteiger partial charge < -0.3 is 10.6 Å². The molecule has 96 valence electrons. The van der Waals surface area contributed by atoms with E-state index in [1.807, 2.05) is 7.05 Å². The number of hydrogen-bond acceptors (Lipinski definition) is 4. The number of aliphatic imine (C=N–C) groups is 1. The van der Waals surface area contributed by atoms with Crippen molar-refractivity contribution < 1.29 is 9.18 Å². The number of nitrogens with one attached hydrogen (secondary N) is 2. The first-order valence-corrected chi connectivity index (χ1v) is 6.44. The molecule has 1 aromatic carbocycles. The van der Waals surface area contributed by atoms with Crippen molar-refractivity contribution in [2.24, 2.45) is 4.99 Å². The summed E-state index contributed by atoms with van der Waals surface area (Å²) in [5.74, 6) is -0.595. The molecular weight excluding hydrogens is 253 g/mol. The lowest BCUT2D eigenvalue weighted by Gasteiger charge is -2.08. The number of amidine groups is 1. The summed E-state index contributed by atoms with van der Waals surface area (Å²) in [6.07, 6.45) is 0. The van der Waals surface area contributed by atoms with Crippen molar-refractivity contribution in [1.82, 2.24) is 10.6 Å². The Kier molecular flexibility index (Phi) is 3.98. The summed E-state index contributed by atoms with van der Waals surface area (Å²) in [7, 11) is 1.85. The third kappa shape index (κ3) is 2.88. The highest BCUT2D eigenvalue weighted by atomic mass is 32.2. The number of carbonyl (C=O) groups excluding carboxylic acids is 1. The van der Waals surface area contributed by atoms with E-state index in [2.05, 4.69) is 15.6 Å². The average Bonchev–Trinajstić information content (AvgIpc) is 2.76. The molecule has 0 spiro atoms. The molecule has 2 N–H and O–H groups in total. The molecule has 1 unspecified atom stereocenters. The summed E-state index contributed by atoms with van der Waals surface area (Å²) < 4.78 is 12.9. The van der Waals surface area contributed by atoms with E-state index in [0.717, 1.165) is 0 Å². The maximum absolute atomic E-state index is 12.9. The molecule has 1 amide bonds. The Balaban J connectivity index is 2.04. The molecule has 6 heteroatoms. The number of halogens is 1. The number of thioether (sulfide) groups is 1. The highest BCUT2D eigenvalue weighted by Gasteiger charge is 2.20. The van der Waals surface area contributed by atoms with Crippen LogP contribution in [-0.2, 0) is 0 Å². The van der Waals surface area contributed by atoms with Gasteiger partial charge in [-0.15, -0.1) is 0 Å². The number of amides is 1. The van der Waals surface area contributed by atoms with Crippen molar-refractivity contribution in [1.29, 1.82) is 0 Å². The third-order valence-electron chi connectivity index (χ3n) is 2.63. The minimum Gasteiger partial charge on any atom is -0.307 e. The highest BCUT2D eigenvalue weighted by Crippen LogP contribution is 2.17. The maximum Gasteiger partial charge on any atom is 0.257 e. The first kappa shape index (κ1) is 13.0. The van der Waals surface area contributed by atoms with Crippen LogP contribution >= 0.6 is 11.8 Å². The number of nitrogens with zero attached hydrogens (tertiary/aromatic N) is 1. The Hall–Kier alpha value is -1.40. The number of carbonyl (C=O) groups is 1. The molecule has 1 aromatic rings. The summed E-state index contributed by atoms with van der Waals surface area (Å²) >= 11 is 1.48. The van der Waals surface area contributed by atoms with E-state index in [0.29, 0.717) is 22.8 Å². The van der Waals surface area contributed by atoms with E-state index in [1.165, 1.54) is 30.0 Å². The van der Waals surface area contributed by atoms with Gasteiger partial charge in [0.2, 0.25) is 0 Å². The second kappa shape index (κ2) is 5.49. The van der Waals surface area contributed by atoms with Crippen molar-refractivity contribution in [3.63, 3.8) is 0 Å². The lowest BCUT2D eigenvalue weighted by Crippen LogP contribution is -2.29. The maximum atomic E-state index is 12.9. The molecule has 0 fully saturated rings. The van der Waals surface area contributed by atoms with Crippen LogP contribution in [0.5, 0.6) is 0 Å². The van der Waals surface area contributed by atoms with Gasteiger partial charge in [0.15, 0.2) is 5.17 Å². The number of hydrogen-bond donors (Lipinski definition) is 2. The molecule has 0 saturated carbocycles. The first-order valence-electron chi connectivity index (χ1n) is 5.56. The zero-order chi connectivity index (χ0) is 13.1. The Bertz CT molecular complexity index is 504. The number of rotatable bonds is 2.